The van der Waals surface area contributed by atoms with Crippen LogP contribution in [0.5, 0.6) is 0 Å². The van der Waals surface area contributed by atoms with E-state index in [1.807, 2.05) is 136 Å². The third-order valence-electron chi connectivity index (χ3n) is 9.99. The molecule has 2 aromatic heterocycles. The molecule has 16 heteroatoms. The van der Waals surface area contributed by atoms with Gasteiger partial charge in [0.1, 0.15) is 26.2 Å². The lowest BCUT2D eigenvalue weighted by Crippen LogP contribution is -2.43. The third-order valence-corrected chi connectivity index (χ3v) is 10.8. The number of hydrogen-bond donors (Lipinski definition) is 6. The van der Waals surface area contributed by atoms with Crippen molar-refractivity contribution in [1.82, 2.24) is 21.3 Å². The van der Waals surface area contributed by atoms with Gasteiger partial charge < -0.3 is 32.7 Å². The zero-order valence-electron chi connectivity index (χ0n) is 43.5. The van der Waals surface area contributed by atoms with Gasteiger partial charge in [-0.3, -0.25) is 28.8 Å². The molecule has 2 heterocycles. The second-order valence-corrected chi connectivity index (χ2v) is 17.3. The summed E-state index contributed by atoms with van der Waals surface area (Å²) in [5.74, 6) is -1.04. The highest BCUT2D eigenvalue weighted by molar-refractivity contribution is 6.28. The average Bonchev–Trinajstić information content (AvgIpc) is 3.28. The lowest BCUT2D eigenvalue weighted by molar-refractivity contribution is -0.669. The van der Waals surface area contributed by atoms with Gasteiger partial charge in [-0.25, -0.2) is 0 Å². The van der Waals surface area contributed by atoms with E-state index in [0.29, 0.717) is 19.3 Å². The molecule has 0 unspecified atom stereocenters. The number of benzene rings is 2. The molecule has 0 saturated carbocycles. The van der Waals surface area contributed by atoms with Crippen molar-refractivity contribution >= 4 is 58.4 Å². The van der Waals surface area contributed by atoms with Crippen LogP contribution in [-0.4, -0.2) is 59.4 Å². The Morgan fingerprint density at radius 1 is 0.514 bits per heavy atom. The molecule has 70 heavy (non-hydrogen) atoms. The van der Waals surface area contributed by atoms with Crippen LogP contribution in [0.25, 0.3) is 0 Å². The number of pyridine rings is 2. The van der Waals surface area contributed by atoms with Crippen molar-refractivity contribution in [3.8, 4) is 0 Å². The molecular weight excluding hydrogens is 928 g/mol. The van der Waals surface area contributed by atoms with E-state index in [0.717, 1.165) is 41.0 Å². The van der Waals surface area contributed by atoms with E-state index >= 15 is 0 Å². The molecule has 0 aliphatic rings. The first-order valence-corrected chi connectivity index (χ1v) is 23.8. The van der Waals surface area contributed by atoms with Gasteiger partial charge in [0.15, 0.2) is 24.0 Å². The smallest absolute Gasteiger partial charge is 0.274 e. The Kier molecular flexibility index (Phi) is 35.2. The number of primary amides is 2. The van der Waals surface area contributed by atoms with Gasteiger partial charge in [0.05, 0.1) is 12.1 Å². The van der Waals surface area contributed by atoms with Crippen molar-refractivity contribution in [1.29, 1.82) is 0 Å². The van der Waals surface area contributed by atoms with Crippen molar-refractivity contribution in [2.24, 2.45) is 25.6 Å². The highest BCUT2D eigenvalue weighted by Gasteiger charge is 2.17. The van der Waals surface area contributed by atoms with E-state index < -0.39 is 11.9 Å². The molecule has 0 spiro atoms. The van der Waals surface area contributed by atoms with Crippen LogP contribution in [0.3, 0.4) is 0 Å². The predicted molar refractivity (Wildman–Crippen MR) is 283 cm³/mol. The van der Waals surface area contributed by atoms with Crippen LogP contribution in [0.1, 0.15) is 103 Å². The number of aryl methyl sites for hydroxylation is 6. The highest BCUT2D eigenvalue weighted by atomic mass is 35.5. The number of Topliss-reactive ketones (excluding diaryl/α,β-unsaturated/α-hetero) is 2. The fourth-order valence-corrected chi connectivity index (χ4v) is 6.26. The number of ketones is 2. The number of nitrogens with two attached hydrogens (primary N) is 2. The van der Waals surface area contributed by atoms with E-state index in [4.69, 9.17) is 34.7 Å². The van der Waals surface area contributed by atoms with Crippen LogP contribution in [0.15, 0.2) is 122 Å². The van der Waals surface area contributed by atoms with Crippen LogP contribution in [0.2, 0.25) is 10.3 Å². The molecule has 8 N–H and O–H groups in total. The highest BCUT2D eigenvalue weighted by Crippen LogP contribution is 2.12. The zero-order chi connectivity index (χ0) is 53.9. The summed E-state index contributed by atoms with van der Waals surface area (Å²) in [7, 11) is 3.81. The first-order chi connectivity index (χ1) is 32.8. The first kappa shape index (κ1) is 65.7. The van der Waals surface area contributed by atoms with E-state index in [9.17, 15) is 28.8 Å². The number of hydrogen-bond acceptors (Lipinski definition) is 8. The fraction of sp³-hybridized carbons (Fsp3) is 0.407. The van der Waals surface area contributed by atoms with Crippen LogP contribution in [0.4, 0.5) is 0 Å². The number of carbonyl (C=O) groups excluding carboxylic acids is 6. The third kappa shape index (κ3) is 32.4. The summed E-state index contributed by atoms with van der Waals surface area (Å²) in [5.41, 5.74) is 16.7. The Hall–Kier alpha value is -6.38. The standard InChI is InChI=1S/C14H19NO2.C13H18N2O2.C8H15NO.C7H14N2O.2C6H7ClN/c1-10-6-4-5-7-13(10)8-9-14(11(2)16)15-12(3)17;1-9-5-3-4-6-11(9)7-8-12(13(14)17)15-10(2)16;1-5-8(7(4)10)9-6(2)3;1-4-6(7(8)10)9-5(2)3;2*1-8-5-3-2-4-6(8)7/h4-7,14H,8-9H2,1-3H3,(H,15,17);3-6,12H,7-8H2,1-2H3,(H2,14,17)(H,15,16);8-9H,2,5H2,1,3-4H3;6,9H,2,4H2,1,3H3,(H2,8,10);2*2-5H,1H3/q;;;;2*+1/t14-;12-;8-;6-;;/m0000../s1. The zero-order valence-corrected chi connectivity index (χ0v) is 45.0. The molecule has 0 aliphatic carbocycles. The Balaban J connectivity index is 0. The SMILES string of the molecule is C=C(C)N[C@@H](CC)C(C)=O.C=C(C)N[C@@H](CC)C(N)=O.CC(=O)N[C@@H](CCc1ccccc1C)C(C)=O.CC(=O)N[C@@H](CCc1ccccc1C)C(N)=O.C[n+]1ccccc1Cl.C[n+]1ccccc1Cl. The summed E-state index contributed by atoms with van der Waals surface area (Å²) >= 11 is 11.3. The van der Waals surface area contributed by atoms with Gasteiger partial charge in [-0.2, -0.15) is 9.13 Å². The van der Waals surface area contributed by atoms with Crippen molar-refractivity contribution in [3.63, 3.8) is 0 Å². The molecule has 4 rings (SSSR count). The quantitative estimate of drug-likeness (QED) is 0.0446. The summed E-state index contributed by atoms with van der Waals surface area (Å²) in [6.45, 7) is 24.8. The van der Waals surface area contributed by atoms with Crippen molar-refractivity contribution in [3.05, 3.63) is 154 Å². The number of rotatable bonds is 18. The molecule has 4 aromatic rings. The Bertz CT molecular complexity index is 2070. The topological polar surface area (TPSA) is 210 Å². The number of amides is 4. The number of nitrogens with one attached hydrogen (secondary N) is 4. The predicted octanol–water partition coefficient (Wildman–Crippen LogP) is 7.12. The van der Waals surface area contributed by atoms with E-state index in [1.165, 1.54) is 43.0 Å². The summed E-state index contributed by atoms with van der Waals surface area (Å²) < 4.78 is 3.70. The summed E-state index contributed by atoms with van der Waals surface area (Å²) in [6, 6.07) is 26.2. The van der Waals surface area contributed by atoms with Gasteiger partial charge in [0.2, 0.25) is 23.6 Å². The van der Waals surface area contributed by atoms with Crippen LogP contribution < -0.4 is 41.9 Å². The summed E-state index contributed by atoms with van der Waals surface area (Å²) in [4.78, 5) is 65.8. The number of halogens is 2. The van der Waals surface area contributed by atoms with Gasteiger partial charge in [0.25, 0.3) is 10.3 Å². The number of allylic oxidation sites excluding steroid dienone is 2. The van der Waals surface area contributed by atoms with Crippen LogP contribution in [0, 0.1) is 13.8 Å². The molecule has 384 valence electrons. The summed E-state index contributed by atoms with van der Waals surface area (Å²) in [6.07, 6.45) is 8.03. The lowest BCUT2D eigenvalue weighted by atomic mass is 9.99. The van der Waals surface area contributed by atoms with E-state index in [1.54, 1.807) is 13.8 Å². The molecule has 4 amide bonds. The number of nitrogens with zero attached hydrogens (tertiary/aromatic N) is 2. The average molecular weight is 1010 g/mol. The van der Waals surface area contributed by atoms with E-state index in [-0.39, 0.29) is 47.4 Å². The Morgan fingerprint density at radius 3 is 1.09 bits per heavy atom. The van der Waals surface area contributed by atoms with Crippen LogP contribution in [-0.2, 0) is 55.7 Å². The van der Waals surface area contributed by atoms with E-state index in [2.05, 4.69) is 53.5 Å². The Morgan fingerprint density at radius 2 is 0.843 bits per heavy atom. The molecule has 0 bridgehead atoms. The van der Waals surface area contributed by atoms with Crippen molar-refractivity contribution in [2.75, 3.05) is 0 Å². The fourth-order valence-electron chi connectivity index (χ4n) is 6.00. The molecule has 2 aromatic carbocycles. The number of carbonyl (C=O) groups is 6. The lowest BCUT2D eigenvalue weighted by Gasteiger charge is -2.15. The van der Waals surface area contributed by atoms with Gasteiger partial charge in [-0.1, -0.05) is 75.5 Å². The maximum absolute atomic E-state index is 11.4. The minimum Gasteiger partial charge on any atom is -0.379 e. The molecule has 0 radical (unpaired) electrons. The monoisotopic (exact) mass is 1010 g/mol. The second kappa shape index (κ2) is 37.5. The van der Waals surface area contributed by atoms with Gasteiger partial charge in [0, 0.05) is 49.5 Å². The second-order valence-electron chi connectivity index (χ2n) is 16.5. The minimum absolute atomic E-state index is 0.00813. The van der Waals surface area contributed by atoms with Crippen molar-refractivity contribution < 1.29 is 37.9 Å². The maximum atomic E-state index is 11.4. The normalized spacial score (nSPS) is 11.4. The van der Waals surface area contributed by atoms with Crippen molar-refractivity contribution in [2.45, 2.75) is 132 Å². The van der Waals surface area contributed by atoms with Gasteiger partial charge in [-0.05, 0) is 138 Å². The number of aromatic nitrogens is 2. The molecule has 0 saturated heterocycles. The van der Waals surface area contributed by atoms with Crippen LogP contribution >= 0.6 is 23.2 Å². The molecular formula is C54H80Cl2N8O6+2. The largest absolute Gasteiger partial charge is 0.379 e. The molecule has 14 nitrogen and oxygen atoms in total. The summed E-state index contributed by atoms with van der Waals surface area (Å²) in [5, 5.41) is 12.6. The van der Waals surface area contributed by atoms with Gasteiger partial charge >= 0.3 is 0 Å². The first-order valence-electron chi connectivity index (χ1n) is 23.0. The van der Waals surface area contributed by atoms with Gasteiger partial charge in [-0.15, -0.1) is 0 Å². The molecule has 0 fully saturated rings. The molecule has 4 atom stereocenters. The molecule has 0 aliphatic heterocycles. The minimum atomic E-state index is -0.591. The Labute approximate surface area is 427 Å². The maximum Gasteiger partial charge on any atom is 0.274 e.